The molecule has 0 heterocycles. The van der Waals surface area contributed by atoms with Crippen LogP contribution in [0.2, 0.25) is 0 Å². The van der Waals surface area contributed by atoms with E-state index < -0.39 is 70.2 Å². The largest absolute Gasteiger partial charge is 0.393 e. The van der Waals surface area contributed by atoms with Gasteiger partial charge >= 0.3 is 0 Å². The van der Waals surface area contributed by atoms with Gasteiger partial charge < -0.3 is 46.0 Å². The maximum absolute atomic E-state index is 12.3. The van der Waals surface area contributed by atoms with Gasteiger partial charge in [0.05, 0.1) is 18.3 Å². The maximum atomic E-state index is 12.3. The number of hydrogen-bond donors (Lipinski definition) is 9. The van der Waals surface area contributed by atoms with Crippen LogP contribution in [0.1, 0.15) is 79.1 Å². The first-order valence-corrected chi connectivity index (χ1v) is 13.3. The SMILES string of the molecule is CCC(O)CC[C@@H](C)[C@H]1C[C@H](O)[C@@]2(O)[C@]3(O)[C@@H](O)[C@H](O)[C@@]4(O)[C@@H](O)[C@@H](O)CC[C@]4(C)[C@H]3CC[C@]12C. The lowest BCUT2D eigenvalue weighted by atomic mass is 9.38. The van der Waals surface area contributed by atoms with Crippen molar-refractivity contribution in [1.82, 2.24) is 0 Å². The van der Waals surface area contributed by atoms with E-state index in [1.54, 1.807) is 6.92 Å². The van der Waals surface area contributed by atoms with Gasteiger partial charge in [0.15, 0.2) is 0 Å². The number of rotatable bonds is 5. The predicted octanol–water partition coefficient (Wildman–Crippen LogP) is -0.579. The average molecular weight is 503 g/mol. The van der Waals surface area contributed by atoms with Gasteiger partial charge in [-0.15, -0.1) is 0 Å². The van der Waals surface area contributed by atoms with E-state index >= 15 is 0 Å². The number of fused-ring (bicyclic) bond motifs is 5. The molecule has 9 heteroatoms. The number of hydrogen-bond acceptors (Lipinski definition) is 9. The monoisotopic (exact) mass is 502 g/mol. The average Bonchev–Trinajstić information content (AvgIpc) is 3.04. The zero-order valence-corrected chi connectivity index (χ0v) is 21.4. The highest BCUT2D eigenvalue weighted by Gasteiger charge is 2.84. The van der Waals surface area contributed by atoms with Gasteiger partial charge in [-0.05, 0) is 63.2 Å². The summed E-state index contributed by atoms with van der Waals surface area (Å²) in [5.74, 6) is -1.16. The van der Waals surface area contributed by atoms with Crippen LogP contribution in [0.4, 0.5) is 0 Å². The van der Waals surface area contributed by atoms with Gasteiger partial charge in [-0.3, -0.25) is 0 Å². The minimum Gasteiger partial charge on any atom is -0.393 e. The molecule has 0 aromatic heterocycles. The molecule has 35 heavy (non-hydrogen) atoms. The molecule has 204 valence electrons. The summed E-state index contributed by atoms with van der Waals surface area (Å²) in [7, 11) is 0. The molecule has 0 spiro atoms. The third-order valence-electron chi connectivity index (χ3n) is 11.5. The van der Waals surface area contributed by atoms with Crippen molar-refractivity contribution >= 4 is 0 Å². The lowest BCUT2D eigenvalue weighted by molar-refractivity contribution is -0.401. The molecular formula is C26H46O9. The molecule has 0 aliphatic heterocycles. The molecule has 4 fully saturated rings. The fraction of sp³-hybridized carbons (Fsp3) is 1.00. The fourth-order valence-corrected chi connectivity index (χ4v) is 9.21. The van der Waals surface area contributed by atoms with Gasteiger partial charge in [0.1, 0.15) is 35.1 Å². The molecule has 0 radical (unpaired) electrons. The maximum Gasteiger partial charge on any atom is 0.128 e. The van der Waals surface area contributed by atoms with Crippen LogP contribution in [0.15, 0.2) is 0 Å². The van der Waals surface area contributed by atoms with E-state index in [0.29, 0.717) is 25.7 Å². The second kappa shape index (κ2) is 8.58. The highest BCUT2D eigenvalue weighted by atomic mass is 16.4. The van der Waals surface area contributed by atoms with Crippen LogP contribution in [0, 0.1) is 28.6 Å². The van der Waals surface area contributed by atoms with E-state index in [0.717, 1.165) is 0 Å². The van der Waals surface area contributed by atoms with Crippen molar-refractivity contribution in [3.05, 3.63) is 0 Å². The zero-order valence-electron chi connectivity index (χ0n) is 21.4. The molecule has 1 unspecified atom stereocenters. The lowest BCUT2D eigenvalue weighted by Crippen LogP contribution is -2.88. The van der Waals surface area contributed by atoms with Crippen LogP contribution >= 0.6 is 0 Å². The molecule has 9 nitrogen and oxygen atoms in total. The van der Waals surface area contributed by atoms with Crippen molar-refractivity contribution in [2.24, 2.45) is 28.6 Å². The standard InChI is InChI=1S/C26H46O9/c1-5-14(27)7-6-13(2)15-12-18(29)26(35)22(15,3)11-9-17-23(4)10-8-16(28)19(30)25(23,34)21(32)20(31)24(17,26)33/h13-21,27-35H,5-12H2,1-4H3/t13-,14?,15-,16+,17-,18+,19+,20+,21+,22-,23-,24-,25+,26+/m1/s1. The summed E-state index contributed by atoms with van der Waals surface area (Å²) in [6.45, 7) is 7.35. The third kappa shape index (κ3) is 3.14. The van der Waals surface area contributed by atoms with Gasteiger partial charge in [0.25, 0.3) is 0 Å². The van der Waals surface area contributed by atoms with Crippen molar-refractivity contribution in [3.63, 3.8) is 0 Å². The van der Waals surface area contributed by atoms with E-state index in [1.807, 2.05) is 20.8 Å². The van der Waals surface area contributed by atoms with Crippen molar-refractivity contribution in [2.45, 2.75) is 132 Å². The summed E-state index contributed by atoms with van der Waals surface area (Å²) in [5, 5.41) is 101. The smallest absolute Gasteiger partial charge is 0.128 e. The van der Waals surface area contributed by atoms with Gasteiger partial charge in [0.2, 0.25) is 0 Å². The first kappa shape index (κ1) is 27.7. The van der Waals surface area contributed by atoms with E-state index in [9.17, 15) is 46.0 Å². The Morgan fingerprint density at radius 1 is 0.800 bits per heavy atom. The predicted molar refractivity (Wildman–Crippen MR) is 126 cm³/mol. The summed E-state index contributed by atoms with van der Waals surface area (Å²) >= 11 is 0. The molecule has 0 aromatic carbocycles. The number of aliphatic hydroxyl groups excluding tert-OH is 6. The highest BCUT2D eigenvalue weighted by molar-refractivity contribution is 5.33. The van der Waals surface area contributed by atoms with Crippen LogP contribution in [0.5, 0.6) is 0 Å². The van der Waals surface area contributed by atoms with Crippen molar-refractivity contribution < 1.29 is 46.0 Å². The van der Waals surface area contributed by atoms with E-state index in [1.165, 1.54) is 0 Å². The molecule has 0 bridgehead atoms. The Kier molecular flexibility index (Phi) is 6.78. The van der Waals surface area contributed by atoms with Crippen LogP contribution in [0.3, 0.4) is 0 Å². The lowest BCUT2D eigenvalue weighted by Gasteiger charge is -2.72. The summed E-state index contributed by atoms with van der Waals surface area (Å²) < 4.78 is 0. The molecule has 9 N–H and O–H groups in total. The molecule has 4 aliphatic carbocycles. The highest BCUT2D eigenvalue weighted by Crippen LogP contribution is 2.72. The Hall–Kier alpha value is -0.360. The van der Waals surface area contributed by atoms with E-state index in [2.05, 4.69) is 0 Å². The Bertz CT molecular complexity index is 812. The van der Waals surface area contributed by atoms with E-state index in [4.69, 9.17) is 0 Å². The minimum absolute atomic E-state index is 0.00912. The second-order valence-electron chi connectivity index (χ2n) is 12.8. The van der Waals surface area contributed by atoms with Crippen LogP contribution in [0.25, 0.3) is 0 Å². The molecule has 14 atom stereocenters. The van der Waals surface area contributed by atoms with Crippen molar-refractivity contribution in [3.8, 4) is 0 Å². The minimum atomic E-state index is -2.36. The quantitative estimate of drug-likeness (QED) is 0.237. The Balaban J connectivity index is 1.78. The summed E-state index contributed by atoms with van der Waals surface area (Å²) in [6.07, 6.45) is -5.98. The molecule has 0 aromatic rings. The van der Waals surface area contributed by atoms with Gasteiger partial charge in [-0.1, -0.05) is 27.7 Å². The van der Waals surface area contributed by atoms with Gasteiger partial charge in [-0.2, -0.15) is 0 Å². The molecule has 4 aliphatic rings. The summed E-state index contributed by atoms with van der Waals surface area (Å²) in [4.78, 5) is 0. The second-order valence-corrected chi connectivity index (χ2v) is 12.8. The topological polar surface area (TPSA) is 182 Å². The molecule has 0 saturated heterocycles. The van der Waals surface area contributed by atoms with Crippen molar-refractivity contribution in [1.29, 1.82) is 0 Å². The molecular weight excluding hydrogens is 456 g/mol. The van der Waals surface area contributed by atoms with Gasteiger partial charge in [0, 0.05) is 16.7 Å². The molecule has 0 amide bonds. The molecule has 4 saturated carbocycles. The number of aliphatic hydroxyl groups is 9. The Labute approximate surface area is 207 Å². The van der Waals surface area contributed by atoms with Gasteiger partial charge in [-0.25, -0.2) is 0 Å². The van der Waals surface area contributed by atoms with Crippen LogP contribution in [-0.2, 0) is 0 Å². The fourth-order valence-electron chi connectivity index (χ4n) is 9.21. The Morgan fingerprint density at radius 2 is 1.37 bits per heavy atom. The van der Waals surface area contributed by atoms with Crippen LogP contribution < -0.4 is 0 Å². The van der Waals surface area contributed by atoms with E-state index in [-0.39, 0.29) is 37.5 Å². The summed E-state index contributed by atoms with van der Waals surface area (Å²) in [6, 6.07) is 0. The van der Waals surface area contributed by atoms with Crippen LogP contribution in [-0.4, -0.2) is 99.4 Å². The Morgan fingerprint density at radius 3 is 1.97 bits per heavy atom. The third-order valence-corrected chi connectivity index (χ3v) is 11.5. The molecule has 4 rings (SSSR count). The normalized spacial score (nSPS) is 57.7. The zero-order chi connectivity index (χ0) is 26.4. The van der Waals surface area contributed by atoms with Crippen molar-refractivity contribution in [2.75, 3.05) is 0 Å². The first-order valence-electron chi connectivity index (χ1n) is 13.3. The summed E-state index contributed by atoms with van der Waals surface area (Å²) in [5.41, 5.74) is -9.20. The first-order chi connectivity index (χ1) is 16.1.